The third kappa shape index (κ3) is 2.15. The van der Waals surface area contributed by atoms with Gasteiger partial charge in [-0.25, -0.2) is 0 Å². The number of para-hydroxylation sites is 2. The van der Waals surface area contributed by atoms with E-state index in [2.05, 4.69) is 10.6 Å². The van der Waals surface area contributed by atoms with Gasteiger partial charge in [0.2, 0.25) is 5.91 Å². The molecule has 30 heavy (non-hydrogen) atoms. The summed E-state index contributed by atoms with van der Waals surface area (Å²) in [4.78, 5) is 41.3. The molecule has 1 saturated heterocycles. The highest BCUT2D eigenvalue weighted by Gasteiger charge is 2.73. The van der Waals surface area contributed by atoms with Gasteiger partial charge in [0.25, 0.3) is 5.91 Å². The lowest BCUT2D eigenvalue weighted by atomic mass is 9.63. The summed E-state index contributed by atoms with van der Waals surface area (Å²) in [5.41, 5.74) is 0.580. The lowest BCUT2D eigenvalue weighted by molar-refractivity contribution is -0.143. The fourth-order valence-electron chi connectivity index (χ4n) is 5.55. The number of esters is 1. The van der Waals surface area contributed by atoms with Gasteiger partial charge in [-0.2, -0.15) is 0 Å². The van der Waals surface area contributed by atoms with Crippen molar-refractivity contribution in [3.63, 3.8) is 0 Å². The third-order valence-corrected chi connectivity index (χ3v) is 6.65. The summed E-state index contributed by atoms with van der Waals surface area (Å²) in [5.74, 6) is -0.760. The maximum Gasteiger partial charge on any atom is 0.307 e. The summed E-state index contributed by atoms with van der Waals surface area (Å²) >= 11 is 0. The Kier molecular flexibility index (Phi) is 4.02. The van der Waals surface area contributed by atoms with Crippen LogP contribution in [0.5, 0.6) is 0 Å². The monoisotopic (exact) mass is 405 g/mol. The van der Waals surface area contributed by atoms with Crippen LogP contribution in [0.2, 0.25) is 0 Å². The van der Waals surface area contributed by atoms with Crippen molar-refractivity contribution < 1.29 is 19.1 Å². The Bertz CT molecular complexity index is 1080. The molecule has 0 aliphatic carbocycles. The Morgan fingerprint density at radius 2 is 1.83 bits per heavy atom. The first-order valence-electron chi connectivity index (χ1n) is 10.2. The second kappa shape index (κ2) is 6.40. The van der Waals surface area contributed by atoms with E-state index in [-0.39, 0.29) is 36.9 Å². The number of amides is 2. The van der Waals surface area contributed by atoms with Crippen LogP contribution in [-0.2, 0) is 30.1 Å². The largest absolute Gasteiger partial charge is 0.466 e. The zero-order valence-corrected chi connectivity index (χ0v) is 16.9. The van der Waals surface area contributed by atoms with Crippen LogP contribution >= 0.6 is 0 Å². The number of nitrogens with zero attached hydrogens (tertiary/aromatic N) is 1. The van der Waals surface area contributed by atoms with Crippen LogP contribution in [0.3, 0.4) is 0 Å². The minimum absolute atomic E-state index is 0.0892. The second-order valence-electron chi connectivity index (χ2n) is 8.09. The summed E-state index contributed by atoms with van der Waals surface area (Å²) in [7, 11) is 1.72. The van der Waals surface area contributed by atoms with Gasteiger partial charge in [0.1, 0.15) is 11.0 Å². The van der Waals surface area contributed by atoms with Gasteiger partial charge in [-0.05, 0) is 31.0 Å². The predicted octanol–water partition coefficient (Wildman–Crippen LogP) is 2.06. The van der Waals surface area contributed by atoms with E-state index < -0.39 is 11.0 Å². The van der Waals surface area contributed by atoms with Crippen molar-refractivity contribution in [1.82, 2.24) is 5.32 Å². The summed E-state index contributed by atoms with van der Waals surface area (Å²) < 4.78 is 5.14. The molecule has 154 valence electrons. The van der Waals surface area contributed by atoms with E-state index in [0.717, 1.165) is 16.8 Å². The first kappa shape index (κ1) is 18.8. The van der Waals surface area contributed by atoms with Crippen molar-refractivity contribution in [3.05, 3.63) is 59.7 Å². The summed E-state index contributed by atoms with van der Waals surface area (Å²) in [6.45, 7) is 2.05. The standard InChI is InChI=1S/C23H23N3O4/c1-3-30-19(27)12-14-13-22(15-8-4-6-10-17(15)24-20(22)28)23(25-14)16-9-5-7-11-18(16)26(2)21(23)29/h4-11,14,25H,3,12-13H2,1-2H3,(H,24,28)/t14-,22-,23-/m0/s1. The quantitative estimate of drug-likeness (QED) is 0.764. The van der Waals surface area contributed by atoms with E-state index in [1.807, 2.05) is 48.5 Å². The molecule has 2 aromatic carbocycles. The van der Waals surface area contributed by atoms with E-state index in [0.29, 0.717) is 12.1 Å². The average molecular weight is 405 g/mol. The highest BCUT2D eigenvalue weighted by atomic mass is 16.5. The molecule has 2 aromatic rings. The van der Waals surface area contributed by atoms with Gasteiger partial charge in [0, 0.05) is 30.0 Å². The van der Waals surface area contributed by atoms with E-state index in [1.165, 1.54) is 0 Å². The highest BCUT2D eigenvalue weighted by Crippen LogP contribution is 2.60. The molecule has 3 atom stereocenters. The van der Waals surface area contributed by atoms with Crippen LogP contribution in [0.25, 0.3) is 0 Å². The summed E-state index contributed by atoms with van der Waals surface area (Å²) in [5, 5.41) is 6.42. The Morgan fingerprint density at radius 3 is 2.60 bits per heavy atom. The van der Waals surface area contributed by atoms with Crippen LogP contribution < -0.4 is 15.5 Å². The lowest BCUT2D eigenvalue weighted by Crippen LogP contribution is -2.60. The van der Waals surface area contributed by atoms with Gasteiger partial charge in [0.15, 0.2) is 0 Å². The van der Waals surface area contributed by atoms with Crippen LogP contribution in [0.1, 0.15) is 30.9 Å². The van der Waals surface area contributed by atoms with Crippen molar-refractivity contribution in [2.75, 3.05) is 23.9 Å². The topological polar surface area (TPSA) is 87.7 Å². The molecule has 7 nitrogen and oxygen atoms in total. The van der Waals surface area contributed by atoms with Crippen LogP contribution in [-0.4, -0.2) is 37.5 Å². The number of hydrogen-bond donors (Lipinski definition) is 2. The molecule has 2 amide bonds. The molecule has 7 heteroatoms. The van der Waals surface area contributed by atoms with Crippen molar-refractivity contribution in [2.45, 2.75) is 36.8 Å². The molecule has 3 aliphatic rings. The van der Waals surface area contributed by atoms with Crippen LogP contribution in [0.15, 0.2) is 48.5 Å². The van der Waals surface area contributed by atoms with Crippen LogP contribution in [0, 0.1) is 0 Å². The molecular weight excluding hydrogens is 382 g/mol. The van der Waals surface area contributed by atoms with Gasteiger partial charge in [-0.3, -0.25) is 19.7 Å². The normalized spacial score (nSPS) is 28.7. The first-order valence-corrected chi connectivity index (χ1v) is 10.2. The zero-order chi connectivity index (χ0) is 21.1. The Morgan fingerprint density at radius 1 is 1.13 bits per heavy atom. The SMILES string of the molecule is CCOC(=O)C[C@H]1C[C@]2(C(=O)Nc3ccccc32)[C@@]2(N1)C(=O)N(C)c1ccccc12. The Labute approximate surface area is 174 Å². The van der Waals surface area contributed by atoms with Crippen molar-refractivity contribution in [2.24, 2.45) is 0 Å². The molecule has 3 heterocycles. The van der Waals surface area contributed by atoms with Gasteiger partial charge in [-0.15, -0.1) is 0 Å². The van der Waals surface area contributed by atoms with Crippen molar-refractivity contribution >= 4 is 29.2 Å². The smallest absolute Gasteiger partial charge is 0.307 e. The van der Waals surface area contributed by atoms with Crippen molar-refractivity contribution in [1.29, 1.82) is 0 Å². The molecule has 0 radical (unpaired) electrons. The molecule has 0 saturated carbocycles. The molecule has 0 unspecified atom stereocenters. The van der Waals surface area contributed by atoms with E-state index >= 15 is 0 Å². The number of nitrogens with one attached hydrogen (secondary N) is 2. The van der Waals surface area contributed by atoms with E-state index in [4.69, 9.17) is 4.74 Å². The number of rotatable bonds is 3. The van der Waals surface area contributed by atoms with Gasteiger partial charge in [0.05, 0.1) is 13.0 Å². The lowest BCUT2D eigenvalue weighted by Gasteiger charge is -2.37. The molecule has 2 spiro atoms. The number of carbonyl (C=O) groups excluding carboxylic acids is 3. The highest BCUT2D eigenvalue weighted by molar-refractivity contribution is 6.18. The molecule has 0 aromatic heterocycles. The Hall–Kier alpha value is -3.19. The first-order chi connectivity index (χ1) is 14.5. The maximum absolute atomic E-state index is 13.8. The molecule has 1 fully saturated rings. The zero-order valence-electron chi connectivity index (χ0n) is 16.9. The summed E-state index contributed by atoms with van der Waals surface area (Å²) in [6, 6.07) is 14.6. The number of ether oxygens (including phenoxy) is 1. The van der Waals surface area contributed by atoms with E-state index in [1.54, 1.807) is 18.9 Å². The number of carbonyl (C=O) groups is 3. The fraction of sp³-hybridized carbons (Fsp3) is 0.348. The van der Waals surface area contributed by atoms with Gasteiger partial charge in [-0.1, -0.05) is 36.4 Å². The van der Waals surface area contributed by atoms with Crippen LogP contribution in [0.4, 0.5) is 11.4 Å². The average Bonchev–Trinajstić information content (AvgIpc) is 3.30. The van der Waals surface area contributed by atoms with Gasteiger partial charge >= 0.3 is 5.97 Å². The second-order valence-corrected chi connectivity index (χ2v) is 8.09. The number of anilines is 2. The molecule has 0 bridgehead atoms. The van der Waals surface area contributed by atoms with E-state index in [9.17, 15) is 14.4 Å². The minimum atomic E-state index is -1.29. The Balaban J connectivity index is 1.74. The third-order valence-electron chi connectivity index (χ3n) is 6.65. The molecular formula is C23H23N3O4. The molecule has 3 aliphatic heterocycles. The molecule has 2 N–H and O–H groups in total. The maximum atomic E-state index is 13.8. The number of hydrogen-bond acceptors (Lipinski definition) is 5. The summed E-state index contributed by atoms with van der Waals surface area (Å²) in [6.07, 6.45) is 0.411. The van der Waals surface area contributed by atoms with Gasteiger partial charge < -0.3 is 15.0 Å². The predicted molar refractivity (Wildman–Crippen MR) is 111 cm³/mol. The number of benzene rings is 2. The number of fused-ring (bicyclic) bond motifs is 5. The minimum Gasteiger partial charge on any atom is -0.466 e. The van der Waals surface area contributed by atoms with Crippen molar-refractivity contribution in [3.8, 4) is 0 Å². The fourth-order valence-corrected chi connectivity index (χ4v) is 5.55. The molecule has 5 rings (SSSR count). The number of likely N-dealkylation sites (N-methyl/N-ethyl adjacent to an activating group) is 1.